The Morgan fingerprint density at radius 3 is 2.43 bits per heavy atom. The molecular weight excluding hydrogens is 545 g/mol. The van der Waals surface area contributed by atoms with Gasteiger partial charge in [-0.15, -0.1) is 0 Å². The number of carbonyl (C=O) groups is 1. The molecule has 0 bridgehead atoms. The van der Waals surface area contributed by atoms with Crippen LogP contribution in [0, 0.1) is 5.92 Å². The van der Waals surface area contributed by atoms with Gasteiger partial charge in [0.25, 0.3) is 5.91 Å². The zero-order chi connectivity index (χ0) is 24.3. The first-order valence-corrected chi connectivity index (χ1v) is 13.5. The number of amides is 1. The summed E-state index contributed by atoms with van der Waals surface area (Å²) in [7, 11) is 0. The van der Waals surface area contributed by atoms with Crippen molar-refractivity contribution < 1.29 is 21.8 Å². The minimum Gasteiger partial charge on any atom is -1.00 e. The Hall–Kier alpha value is -1.56. The summed E-state index contributed by atoms with van der Waals surface area (Å²) in [6.07, 6.45) is 11.4. The average Bonchev–Trinajstić information content (AvgIpc) is 3.20. The molecule has 0 radical (unpaired) electrons. The normalized spacial score (nSPS) is 11.9. The number of aromatic nitrogens is 2. The van der Waals surface area contributed by atoms with E-state index in [1.165, 1.54) is 44.9 Å². The number of rotatable bonds is 14. The second kappa shape index (κ2) is 15.5. The smallest absolute Gasteiger partial charge is 0.272 e. The molecule has 0 spiro atoms. The van der Waals surface area contributed by atoms with Crippen molar-refractivity contribution in [2.75, 3.05) is 6.54 Å². The van der Waals surface area contributed by atoms with Gasteiger partial charge in [0.1, 0.15) is 0 Å². The number of hydrogen-bond acceptors (Lipinski definition) is 2. The fraction of sp³-hybridized carbons (Fsp3) is 0.500. The molecule has 0 fully saturated rings. The summed E-state index contributed by atoms with van der Waals surface area (Å²) in [5.74, 6) is 0.385. The lowest BCUT2D eigenvalue weighted by atomic mass is 9.97. The van der Waals surface area contributed by atoms with Crippen molar-refractivity contribution in [2.45, 2.75) is 78.2 Å². The van der Waals surface area contributed by atoms with E-state index < -0.39 is 0 Å². The molecule has 0 saturated heterocycles. The third-order valence-electron chi connectivity index (χ3n) is 6.55. The number of para-hydroxylation sites is 1. The van der Waals surface area contributed by atoms with Gasteiger partial charge in [-0.05, 0) is 36.1 Å². The third kappa shape index (κ3) is 8.80. The van der Waals surface area contributed by atoms with Gasteiger partial charge in [-0.25, -0.2) is 0 Å². The maximum atomic E-state index is 13.1. The first kappa shape index (κ1) is 29.7. The second-order valence-electron chi connectivity index (χ2n) is 9.15. The van der Waals surface area contributed by atoms with E-state index in [2.05, 4.69) is 24.3 Å². The minimum atomic E-state index is -0.116. The van der Waals surface area contributed by atoms with Crippen LogP contribution in [0.4, 0.5) is 0 Å². The highest BCUT2D eigenvalue weighted by atomic mass is 79.9. The molecule has 3 rings (SSSR count). The van der Waals surface area contributed by atoms with Gasteiger partial charge in [-0.3, -0.25) is 9.48 Å². The predicted molar refractivity (Wildman–Crippen MR) is 144 cm³/mol. The van der Waals surface area contributed by atoms with Gasteiger partial charge in [-0.2, -0.15) is 5.10 Å². The molecule has 192 valence electrons. The number of carbonyl (C=O) groups excluding carboxylic acids is 1. The van der Waals surface area contributed by atoms with Gasteiger partial charge in [0, 0.05) is 22.0 Å². The topological polar surface area (TPSA) is 46.9 Å². The van der Waals surface area contributed by atoms with Crippen LogP contribution in [0.3, 0.4) is 0 Å². The van der Waals surface area contributed by atoms with Crippen molar-refractivity contribution in [3.05, 3.63) is 63.8 Å². The van der Waals surface area contributed by atoms with E-state index in [0.29, 0.717) is 34.7 Å². The fourth-order valence-corrected chi connectivity index (χ4v) is 4.86. The molecule has 1 N–H and O–H groups in total. The Labute approximate surface area is 230 Å². The fourth-order valence-electron chi connectivity index (χ4n) is 4.39. The Morgan fingerprint density at radius 1 is 1.00 bits per heavy atom. The summed E-state index contributed by atoms with van der Waals surface area (Å²) in [6, 6.07) is 13.3. The van der Waals surface area contributed by atoms with E-state index in [4.69, 9.17) is 23.2 Å². The molecule has 0 saturated carbocycles. The lowest BCUT2D eigenvalue weighted by Gasteiger charge is -2.15. The van der Waals surface area contributed by atoms with Crippen molar-refractivity contribution in [3.8, 4) is 0 Å². The molecule has 1 amide bonds. The molecule has 0 aliphatic rings. The lowest BCUT2D eigenvalue weighted by Crippen LogP contribution is -3.00. The monoisotopic (exact) mass is 580 g/mol. The van der Waals surface area contributed by atoms with Crippen molar-refractivity contribution in [1.82, 2.24) is 15.1 Å². The van der Waals surface area contributed by atoms with E-state index in [1.54, 1.807) is 6.07 Å². The molecule has 1 unspecified atom stereocenters. The van der Waals surface area contributed by atoms with Crippen LogP contribution in [0.2, 0.25) is 10.0 Å². The first-order valence-electron chi connectivity index (χ1n) is 12.7. The highest BCUT2D eigenvalue weighted by molar-refractivity contribution is 6.35. The quantitative estimate of drug-likeness (QED) is 0.263. The Morgan fingerprint density at radius 2 is 1.71 bits per heavy atom. The molecule has 2 aromatic carbocycles. The van der Waals surface area contributed by atoms with E-state index in [-0.39, 0.29) is 22.9 Å². The number of benzene rings is 2. The zero-order valence-electron chi connectivity index (χ0n) is 20.8. The zero-order valence-corrected chi connectivity index (χ0v) is 23.9. The predicted octanol–water partition coefficient (Wildman–Crippen LogP) is 5.29. The molecule has 35 heavy (non-hydrogen) atoms. The van der Waals surface area contributed by atoms with Crippen LogP contribution in [0.5, 0.6) is 0 Å². The van der Waals surface area contributed by atoms with Gasteiger partial charge in [0.2, 0.25) is 0 Å². The largest absolute Gasteiger partial charge is 1.00 e. The summed E-state index contributed by atoms with van der Waals surface area (Å²) in [5.41, 5.74) is 2.28. The van der Waals surface area contributed by atoms with E-state index in [9.17, 15) is 4.79 Å². The van der Waals surface area contributed by atoms with Crippen molar-refractivity contribution >= 4 is 40.0 Å². The highest BCUT2D eigenvalue weighted by Gasteiger charge is 2.18. The summed E-state index contributed by atoms with van der Waals surface area (Å²) >= 11 is 12.4. The molecule has 1 atom stereocenters. The van der Waals surface area contributed by atoms with Crippen LogP contribution < -0.4 is 22.3 Å². The molecule has 7 heteroatoms. The second-order valence-corrected chi connectivity index (χ2v) is 10.00. The van der Waals surface area contributed by atoms with Crippen molar-refractivity contribution in [3.63, 3.8) is 0 Å². The van der Waals surface area contributed by atoms with E-state index in [0.717, 1.165) is 29.3 Å². The van der Waals surface area contributed by atoms with Gasteiger partial charge in [0.05, 0.1) is 12.1 Å². The van der Waals surface area contributed by atoms with E-state index in [1.807, 2.05) is 41.1 Å². The van der Waals surface area contributed by atoms with Gasteiger partial charge in [0.15, 0.2) is 5.69 Å². The Bertz CT molecular complexity index is 1070. The van der Waals surface area contributed by atoms with Crippen molar-refractivity contribution in [2.24, 2.45) is 5.92 Å². The molecule has 0 aliphatic heterocycles. The summed E-state index contributed by atoms with van der Waals surface area (Å²) in [4.78, 5) is 13.1. The highest BCUT2D eigenvalue weighted by Crippen LogP contribution is 2.25. The Balaban J connectivity index is 0.00000432. The summed E-state index contributed by atoms with van der Waals surface area (Å²) in [5, 5.41) is 9.87. The van der Waals surface area contributed by atoms with Crippen LogP contribution in [-0.2, 0) is 6.54 Å². The van der Waals surface area contributed by atoms with Crippen LogP contribution >= 0.6 is 23.2 Å². The van der Waals surface area contributed by atoms with Gasteiger partial charge < -0.3 is 22.3 Å². The number of hydrogen-bond donors (Lipinski definition) is 1. The van der Waals surface area contributed by atoms with Crippen LogP contribution in [-0.4, -0.2) is 22.2 Å². The molecule has 1 heterocycles. The lowest BCUT2D eigenvalue weighted by molar-refractivity contribution is -0.0000152. The average molecular weight is 582 g/mol. The maximum absolute atomic E-state index is 13.1. The maximum Gasteiger partial charge on any atom is 0.272 e. The summed E-state index contributed by atoms with van der Waals surface area (Å²) in [6.45, 7) is 5.62. The number of unbranched alkanes of at least 4 members (excludes halogenated alkanes) is 6. The van der Waals surface area contributed by atoms with Crippen LogP contribution in [0.25, 0.3) is 10.9 Å². The van der Waals surface area contributed by atoms with E-state index >= 15 is 0 Å². The van der Waals surface area contributed by atoms with Crippen LogP contribution in [0.1, 0.15) is 87.7 Å². The third-order valence-corrected chi connectivity index (χ3v) is 7.14. The van der Waals surface area contributed by atoms with Gasteiger partial charge >= 0.3 is 0 Å². The Kier molecular flexibility index (Phi) is 13.2. The first-order chi connectivity index (χ1) is 16.5. The van der Waals surface area contributed by atoms with Crippen LogP contribution in [0.15, 0.2) is 42.5 Å². The molecule has 4 nitrogen and oxygen atoms in total. The molecule has 0 aliphatic carbocycles. The SMILES string of the molecule is CCCCCCCCCC(CC)CNC(=O)c1nn(Cc2ccc(Cl)cc2Cl)c2ccccc12.[Br-]. The number of nitrogens with zero attached hydrogens (tertiary/aromatic N) is 2. The molecular formula is C28H37BrCl2N3O-. The van der Waals surface area contributed by atoms with Gasteiger partial charge in [-0.1, -0.05) is 113 Å². The number of nitrogens with one attached hydrogen (secondary N) is 1. The standard InChI is InChI=1S/C28H37Cl2N3O.BrH/c1-3-5-6-7-8-9-10-13-21(4-2)19-31-28(34)27-24-14-11-12-15-26(24)33(32-27)20-22-16-17-23(29)18-25(22)30;/h11-12,14-18,21H,3-10,13,19-20H2,1-2H3,(H,31,34);1H/p-1. The molecule has 1 aromatic heterocycles. The summed E-state index contributed by atoms with van der Waals surface area (Å²) < 4.78 is 1.84. The number of halogens is 3. The molecule has 3 aromatic rings. The number of fused-ring (bicyclic) bond motifs is 1. The van der Waals surface area contributed by atoms with Crippen molar-refractivity contribution in [1.29, 1.82) is 0 Å². The minimum absolute atomic E-state index is 0.